The van der Waals surface area contributed by atoms with Gasteiger partial charge in [-0.25, -0.2) is 0 Å². The number of aliphatic hydroxyl groups excluding tert-OH is 1. The van der Waals surface area contributed by atoms with Gasteiger partial charge in [-0.2, -0.15) is 0 Å². The summed E-state index contributed by atoms with van der Waals surface area (Å²) in [5.74, 6) is 0.352. The highest BCUT2D eigenvalue weighted by Gasteiger charge is 2.52. The van der Waals surface area contributed by atoms with Crippen LogP contribution in [0, 0.1) is 5.41 Å². The maximum Gasteiger partial charge on any atom is 0.235 e. The standard InChI is InChI=1S/C17H20BrNO4/c18-12-4-3-5-14(8-12)23-11-13(20)10-19-15(21)9-17(16(19)22)6-1-2-7-17/h3-5,8,13,20H,1-2,6-7,9-11H2. The molecular weight excluding hydrogens is 362 g/mol. The molecular formula is C17H20BrNO4. The third-order valence-corrected chi connectivity index (χ3v) is 5.18. The van der Waals surface area contributed by atoms with Crippen molar-refractivity contribution in [2.75, 3.05) is 13.2 Å². The van der Waals surface area contributed by atoms with Crippen molar-refractivity contribution in [2.45, 2.75) is 38.2 Å². The molecule has 2 fully saturated rings. The predicted octanol–water partition coefficient (Wildman–Crippen LogP) is 2.51. The number of hydrogen-bond acceptors (Lipinski definition) is 4. The van der Waals surface area contributed by atoms with Crippen molar-refractivity contribution in [2.24, 2.45) is 5.41 Å². The van der Waals surface area contributed by atoms with Gasteiger partial charge in [-0.05, 0) is 31.0 Å². The zero-order chi connectivity index (χ0) is 16.4. The number of β-amino-alcohol motifs (C(OH)–C–C–N with tert-alkyl or cyclic N) is 1. The smallest absolute Gasteiger partial charge is 0.235 e. The van der Waals surface area contributed by atoms with Gasteiger partial charge in [0.1, 0.15) is 18.5 Å². The van der Waals surface area contributed by atoms with Crippen molar-refractivity contribution in [3.8, 4) is 5.75 Å². The number of rotatable bonds is 5. The lowest BCUT2D eigenvalue weighted by Gasteiger charge is -2.23. The molecule has 1 atom stereocenters. The molecule has 1 aliphatic heterocycles. The molecule has 2 amide bonds. The van der Waals surface area contributed by atoms with Crippen molar-refractivity contribution in [1.29, 1.82) is 0 Å². The summed E-state index contributed by atoms with van der Waals surface area (Å²) < 4.78 is 6.40. The first-order valence-corrected chi connectivity index (χ1v) is 8.71. The molecule has 1 aromatic carbocycles. The van der Waals surface area contributed by atoms with E-state index < -0.39 is 11.5 Å². The van der Waals surface area contributed by atoms with Gasteiger partial charge >= 0.3 is 0 Å². The van der Waals surface area contributed by atoms with Crippen LogP contribution in [0.1, 0.15) is 32.1 Å². The van der Waals surface area contributed by atoms with Gasteiger partial charge in [0.25, 0.3) is 0 Å². The summed E-state index contributed by atoms with van der Waals surface area (Å²) in [5.41, 5.74) is -0.484. The fourth-order valence-electron chi connectivity index (χ4n) is 3.50. The Labute approximate surface area is 143 Å². The summed E-state index contributed by atoms with van der Waals surface area (Å²) in [4.78, 5) is 25.9. The van der Waals surface area contributed by atoms with E-state index in [-0.39, 0.29) is 25.0 Å². The van der Waals surface area contributed by atoms with Crippen LogP contribution >= 0.6 is 15.9 Å². The van der Waals surface area contributed by atoms with Gasteiger partial charge in [-0.15, -0.1) is 0 Å². The zero-order valence-corrected chi connectivity index (χ0v) is 14.4. The fourth-order valence-corrected chi connectivity index (χ4v) is 3.88. The Bertz CT molecular complexity index is 612. The molecule has 1 aromatic rings. The van der Waals surface area contributed by atoms with Crippen LogP contribution < -0.4 is 4.74 Å². The van der Waals surface area contributed by atoms with Crippen molar-refractivity contribution in [1.82, 2.24) is 4.90 Å². The summed E-state index contributed by atoms with van der Waals surface area (Å²) in [7, 11) is 0. The molecule has 5 nitrogen and oxygen atoms in total. The molecule has 23 heavy (non-hydrogen) atoms. The number of ether oxygens (including phenoxy) is 1. The lowest BCUT2D eigenvalue weighted by Crippen LogP contribution is -2.41. The Kier molecular flexibility index (Phi) is 4.73. The molecule has 1 saturated carbocycles. The van der Waals surface area contributed by atoms with E-state index >= 15 is 0 Å². The summed E-state index contributed by atoms with van der Waals surface area (Å²) in [6.07, 6.45) is 2.99. The summed E-state index contributed by atoms with van der Waals surface area (Å²) in [5, 5.41) is 10.1. The first kappa shape index (κ1) is 16.5. The average Bonchev–Trinajstić information content (AvgIpc) is 3.07. The zero-order valence-electron chi connectivity index (χ0n) is 12.8. The van der Waals surface area contributed by atoms with Gasteiger partial charge in [0, 0.05) is 10.9 Å². The summed E-state index contributed by atoms with van der Waals surface area (Å²) in [6, 6.07) is 7.30. The van der Waals surface area contributed by atoms with E-state index in [1.807, 2.05) is 12.1 Å². The largest absolute Gasteiger partial charge is 0.491 e. The van der Waals surface area contributed by atoms with Crippen LogP contribution in [0.5, 0.6) is 5.75 Å². The number of carbonyl (C=O) groups is 2. The molecule has 1 unspecified atom stereocenters. The molecule has 3 rings (SSSR count). The molecule has 1 aliphatic carbocycles. The SMILES string of the molecule is O=C1CC2(CCCC2)C(=O)N1CC(O)COc1cccc(Br)c1. The van der Waals surface area contributed by atoms with Crippen molar-refractivity contribution >= 4 is 27.7 Å². The second kappa shape index (κ2) is 6.61. The molecule has 1 heterocycles. The molecule has 1 spiro atoms. The maximum atomic E-state index is 12.5. The summed E-state index contributed by atoms with van der Waals surface area (Å²) >= 11 is 3.35. The number of likely N-dealkylation sites (tertiary alicyclic amines) is 1. The highest BCUT2D eigenvalue weighted by Crippen LogP contribution is 2.46. The number of amides is 2. The topological polar surface area (TPSA) is 66.8 Å². The molecule has 1 N–H and O–H groups in total. The highest BCUT2D eigenvalue weighted by atomic mass is 79.9. The van der Waals surface area contributed by atoms with Crippen molar-refractivity contribution in [3.05, 3.63) is 28.7 Å². The van der Waals surface area contributed by atoms with Crippen LogP contribution in [-0.4, -0.2) is 41.1 Å². The highest BCUT2D eigenvalue weighted by molar-refractivity contribution is 9.10. The number of hydrogen-bond donors (Lipinski definition) is 1. The van der Waals surface area contributed by atoms with E-state index in [4.69, 9.17) is 4.74 Å². The van der Waals surface area contributed by atoms with Crippen LogP contribution in [0.25, 0.3) is 0 Å². The first-order valence-electron chi connectivity index (χ1n) is 7.91. The Morgan fingerprint density at radius 1 is 1.30 bits per heavy atom. The molecule has 0 bridgehead atoms. The number of nitrogens with zero attached hydrogens (tertiary/aromatic N) is 1. The van der Waals surface area contributed by atoms with Crippen LogP contribution in [0.15, 0.2) is 28.7 Å². The third kappa shape index (κ3) is 3.43. The normalized spacial score (nSPS) is 21.2. The number of imide groups is 1. The van der Waals surface area contributed by atoms with Gasteiger partial charge in [-0.3, -0.25) is 14.5 Å². The Hall–Kier alpha value is -1.40. The Morgan fingerprint density at radius 3 is 2.74 bits per heavy atom. The minimum atomic E-state index is -0.890. The predicted molar refractivity (Wildman–Crippen MR) is 87.9 cm³/mol. The van der Waals surface area contributed by atoms with E-state index in [2.05, 4.69) is 15.9 Å². The molecule has 2 aliphatic rings. The molecule has 6 heteroatoms. The van der Waals surface area contributed by atoms with Gasteiger partial charge in [0.2, 0.25) is 11.8 Å². The average molecular weight is 382 g/mol. The van der Waals surface area contributed by atoms with Gasteiger partial charge in [-0.1, -0.05) is 34.8 Å². The van der Waals surface area contributed by atoms with Crippen molar-refractivity contribution < 1.29 is 19.4 Å². The molecule has 124 valence electrons. The van der Waals surface area contributed by atoms with Gasteiger partial charge < -0.3 is 9.84 Å². The van der Waals surface area contributed by atoms with Crippen LogP contribution in [0.4, 0.5) is 0 Å². The van der Waals surface area contributed by atoms with Crippen LogP contribution in [-0.2, 0) is 9.59 Å². The number of benzene rings is 1. The third-order valence-electron chi connectivity index (χ3n) is 4.68. The van der Waals surface area contributed by atoms with Gasteiger partial charge in [0.05, 0.1) is 12.0 Å². The Morgan fingerprint density at radius 2 is 2.04 bits per heavy atom. The monoisotopic (exact) mass is 381 g/mol. The lowest BCUT2D eigenvalue weighted by atomic mass is 9.84. The summed E-state index contributed by atoms with van der Waals surface area (Å²) in [6.45, 7) is 0.0495. The van der Waals surface area contributed by atoms with Crippen LogP contribution in [0.3, 0.4) is 0 Å². The van der Waals surface area contributed by atoms with E-state index in [0.717, 1.165) is 30.2 Å². The van der Waals surface area contributed by atoms with E-state index in [9.17, 15) is 14.7 Å². The second-order valence-electron chi connectivity index (χ2n) is 6.40. The fraction of sp³-hybridized carbons (Fsp3) is 0.529. The molecule has 0 aromatic heterocycles. The van der Waals surface area contributed by atoms with E-state index in [1.165, 1.54) is 4.90 Å². The van der Waals surface area contributed by atoms with Crippen LogP contribution in [0.2, 0.25) is 0 Å². The van der Waals surface area contributed by atoms with Crippen molar-refractivity contribution in [3.63, 3.8) is 0 Å². The lowest BCUT2D eigenvalue weighted by molar-refractivity contribution is -0.143. The molecule has 0 radical (unpaired) electrons. The quantitative estimate of drug-likeness (QED) is 0.795. The van der Waals surface area contributed by atoms with E-state index in [0.29, 0.717) is 12.2 Å². The number of aliphatic hydroxyl groups is 1. The first-order chi connectivity index (χ1) is 11.0. The Balaban J connectivity index is 1.56. The molecule has 1 saturated heterocycles. The maximum absolute atomic E-state index is 12.5. The van der Waals surface area contributed by atoms with E-state index in [1.54, 1.807) is 12.1 Å². The minimum absolute atomic E-state index is 0.00736. The number of halogens is 1. The van der Waals surface area contributed by atoms with Gasteiger partial charge in [0.15, 0.2) is 0 Å². The second-order valence-corrected chi connectivity index (χ2v) is 7.31. The number of carbonyl (C=O) groups excluding carboxylic acids is 2. The minimum Gasteiger partial charge on any atom is -0.491 e.